The molecular formula is C41H60O17. The molecule has 326 valence electrons. The van der Waals surface area contributed by atoms with Gasteiger partial charge in [-0.1, -0.05) is 44.6 Å². The van der Waals surface area contributed by atoms with Crippen molar-refractivity contribution < 1.29 is 84.4 Å². The maximum Gasteiger partial charge on any atom is 0.335 e. The highest BCUT2D eigenvalue weighted by atomic mass is 16.7. The van der Waals surface area contributed by atoms with E-state index in [4.69, 9.17) is 18.9 Å². The van der Waals surface area contributed by atoms with E-state index in [0.717, 1.165) is 11.1 Å². The molecule has 58 heavy (non-hydrogen) atoms. The van der Waals surface area contributed by atoms with E-state index in [1.165, 1.54) is 6.92 Å². The number of aliphatic carboxylic acids is 2. The van der Waals surface area contributed by atoms with Crippen LogP contribution in [0.2, 0.25) is 0 Å². The van der Waals surface area contributed by atoms with E-state index in [-0.39, 0.29) is 18.3 Å². The van der Waals surface area contributed by atoms with Crippen LogP contribution >= 0.6 is 0 Å². The summed E-state index contributed by atoms with van der Waals surface area (Å²) >= 11 is 0. The lowest BCUT2D eigenvalue weighted by Crippen LogP contribution is -2.70. The van der Waals surface area contributed by atoms with Gasteiger partial charge in [-0.15, -0.1) is 0 Å². The molecule has 4 saturated carbocycles. The number of ether oxygens (including phenoxy) is 4. The number of rotatable bonds is 7. The van der Waals surface area contributed by atoms with Crippen molar-refractivity contribution in [2.75, 3.05) is 6.61 Å². The van der Waals surface area contributed by atoms with E-state index in [0.29, 0.717) is 51.4 Å². The van der Waals surface area contributed by atoms with Crippen LogP contribution in [0.5, 0.6) is 0 Å². The molecule has 5 aliphatic carbocycles. The summed E-state index contributed by atoms with van der Waals surface area (Å²) in [6.07, 6.45) is -14.4. The lowest BCUT2D eigenvalue weighted by molar-refractivity contribution is -0.335. The number of esters is 1. The summed E-state index contributed by atoms with van der Waals surface area (Å²) in [5, 5.41) is 105. The summed E-state index contributed by atoms with van der Waals surface area (Å²) in [5.41, 5.74) is -2.52. The highest BCUT2D eigenvalue weighted by Crippen LogP contribution is 2.75. The zero-order valence-electron chi connectivity index (χ0n) is 33.3. The first-order valence-corrected chi connectivity index (χ1v) is 20.4. The van der Waals surface area contributed by atoms with E-state index < -0.39 is 131 Å². The van der Waals surface area contributed by atoms with Gasteiger partial charge < -0.3 is 70.0 Å². The van der Waals surface area contributed by atoms with Crippen LogP contribution in [0.15, 0.2) is 23.8 Å². The first-order chi connectivity index (χ1) is 27.0. The van der Waals surface area contributed by atoms with Gasteiger partial charge in [-0.25, -0.2) is 4.79 Å². The summed E-state index contributed by atoms with van der Waals surface area (Å²) in [7, 11) is 0. The van der Waals surface area contributed by atoms with Crippen molar-refractivity contribution in [1.29, 1.82) is 0 Å². The molecule has 2 heterocycles. The minimum absolute atomic E-state index is 0.0939. The maximum absolute atomic E-state index is 14.4. The molecule has 0 aromatic carbocycles. The second-order valence-electron chi connectivity index (χ2n) is 19.2. The molecule has 17 heteroatoms. The van der Waals surface area contributed by atoms with E-state index >= 15 is 0 Å². The number of aliphatic hydroxyl groups is 8. The molecule has 2 aliphatic heterocycles. The molecule has 6 fully saturated rings. The van der Waals surface area contributed by atoms with E-state index in [1.807, 2.05) is 6.92 Å². The number of allylic oxidation sites excluding steroid dienone is 3. The van der Waals surface area contributed by atoms with E-state index in [1.54, 1.807) is 0 Å². The monoisotopic (exact) mass is 824 g/mol. The summed E-state index contributed by atoms with van der Waals surface area (Å²) < 4.78 is 22.8. The predicted molar refractivity (Wildman–Crippen MR) is 197 cm³/mol. The van der Waals surface area contributed by atoms with Gasteiger partial charge in [0, 0.05) is 5.92 Å². The van der Waals surface area contributed by atoms with Gasteiger partial charge in [-0.2, -0.15) is 0 Å². The lowest BCUT2D eigenvalue weighted by atomic mass is 9.33. The Bertz CT molecular complexity index is 1700. The average molecular weight is 825 g/mol. The minimum Gasteiger partial charge on any atom is -0.481 e. The molecule has 2 unspecified atom stereocenters. The van der Waals surface area contributed by atoms with Gasteiger partial charge in [0.05, 0.1) is 23.5 Å². The first-order valence-electron chi connectivity index (χ1n) is 20.4. The molecule has 0 aromatic heterocycles. The van der Waals surface area contributed by atoms with Crippen LogP contribution in [0, 0.1) is 44.8 Å². The largest absolute Gasteiger partial charge is 0.481 e. The smallest absolute Gasteiger partial charge is 0.335 e. The van der Waals surface area contributed by atoms with Crippen molar-refractivity contribution in [3.8, 4) is 0 Å². The number of carbonyl (C=O) groups excluding carboxylic acids is 1. The van der Waals surface area contributed by atoms with Crippen LogP contribution in [0.3, 0.4) is 0 Å². The second kappa shape index (κ2) is 14.8. The van der Waals surface area contributed by atoms with Crippen molar-refractivity contribution in [2.45, 2.75) is 159 Å². The van der Waals surface area contributed by atoms with Gasteiger partial charge in [0.25, 0.3) is 0 Å². The van der Waals surface area contributed by atoms with Gasteiger partial charge in [0.15, 0.2) is 12.4 Å². The summed E-state index contributed by atoms with van der Waals surface area (Å²) in [4.78, 5) is 39.7. The maximum atomic E-state index is 14.4. The SMILES string of the molecule is C=C1CC[C@]2(C(=O)O[C@@H]3O[C@H](CO)[C@@H](O)[C@H](O)[C@H]3O)CC[C@]3(C)C(=CCC4[C@@]5(C)C[C@@H](O)[C@@H](O[C@@H]6O[C@H](C(=O)O)[C@@H](O)[C@H](O)[C@H]6O)[C@@](C)(C(=O)O)C5CC[C@]43C)[C@@H]2C1. The van der Waals surface area contributed by atoms with Crippen LogP contribution in [0.4, 0.5) is 0 Å². The van der Waals surface area contributed by atoms with Crippen molar-refractivity contribution in [1.82, 2.24) is 0 Å². The number of carboxylic acid groups (broad SMARTS) is 2. The fourth-order valence-electron chi connectivity index (χ4n) is 13.2. The standard InChI is InChI=1S/C41H60O17/c1-17-8-11-41(36(54)58-33-28(48)25(45)24(44)21(16-42)55-33)13-12-38(3)18(19(41)14-17)6-7-22-37(2)15-20(43)31(40(5,35(52)53)23(37)9-10-39(22,38)4)57-34-29(49)26(46)27(47)30(56-34)32(50)51/h6,19-31,33-34,42-49H,1,7-16H2,2-5H3,(H,50,51)(H,52,53)/t19-,20+,21+,22?,23?,24+,25-,26-,27-,28+,29+,30-,31+,33-,34-,37+,38+,39+,40-,41-/m0/s1. The molecule has 2 saturated heterocycles. The van der Waals surface area contributed by atoms with Crippen LogP contribution in [0.1, 0.15) is 85.5 Å². The highest BCUT2D eigenvalue weighted by Gasteiger charge is 2.72. The summed E-state index contributed by atoms with van der Waals surface area (Å²) in [5.74, 6) is -4.58. The Hall–Kier alpha value is -2.55. The number of fused-ring (bicyclic) bond motifs is 7. The zero-order chi connectivity index (χ0) is 42.7. The quantitative estimate of drug-likeness (QED) is 0.0917. The van der Waals surface area contributed by atoms with Crippen molar-refractivity contribution >= 4 is 17.9 Å². The number of carbonyl (C=O) groups is 3. The topological polar surface area (TPSA) is 290 Å². The highest BCUT2D eigenvalue weighted by molar-refractivity contribution is 5.79. The minimum atomic E-state index is -1.98. The molecule has 20 atom stereocenters. The third kappa shape index (κ3) is 6.08. The first kappa shape index (κ1) is 43.5. The fraction of sp³-hybridized carbons (Fsp3) is 0.829. The third-order valence-corrected chi connectivity index (χ3v) is 16.7. The molecular weight excluding hydrogens is 764 g/mol. The molecule has 17 nitrogen and oxygen atoms in total. The molecule has 0 spiro atoms. The molecule has 7 aliphatic rings. The lowest BCUT2D eigenvalue weighted by Gasteiger charge is -2.71. The summed E-state index contributed by atoms with van der Waals surface area (Å²) in [6, 6.07) is 0. The molecule has 0 bridgehead atoms. The Balaban J connectivity index is 1.20. The van der Waals surface area contributed by atoms with Crippen molar-refractivity contribution in [3.05, 3.63) is 23.8 Å². The van der Waals surface area contributed by atoms with Crippen LogP contribution < -0.4 is 0 Å². The van der Waals surface area contributed by atoms with Crippen molar-refractivity contribution in [2.24, 2.45) is 44.8 Å². The molecule has 0 amide bonds. The third-order valence-electron chi connectivity index (χ3n) is 16.7. The number of carboxylic acids is 2. The Morgan fingerprint density at radius 1 is 0.828 bits per heavy atom. The molecule has 0 aromatic rings. The van der Waals surface area contributed by atoms with Crippen molar-refractivity contribution in [3.63, 3.8) is 0 Å². The van der Waals surface area contributed by atoms with Gasteiger partial charge in [-0.05, 0) is 92.8 Å². The second-order valence-corrected chi connectivity index (χ2v) is 19.2. The Kier molecular flexibility index (Phi) is 11.1. The van der Waals surface area contributed by atoms with E-state index in [9.17, 15) is 65.4 Å². The van der Waals surface area contributed by atoms with Crippen LogP contribution in [-0.2, 0) is 33.3 Å². The molecule has 10 N–H and O–H groups in total. The van der Waals surface area contributed by atoms with E-state index in [2.05, 4.69) is 26.5 Å². The van der Waals surface area contributed by atoms with Gasteiger partial charge >= 0.3 is 17.9 Å². The fourth-order valence-corrected chi connectivity index (χ4v) is 13.2. The van der Waals surface area contributed by atoms with Crippen LogP contribution in [0.25, 0.3) is 0 Å². The number of aliphatic hydroxyl groups excluding tert-OH is 8. The summed E-state index contributed by atoms with van der Waals surface area (Å²) in [6.45, 7) is 11.5. The Morgan fingerprint density at radius 2 is 1.48 bits per heavy atom. The normalized spacial score (nSPS) is 52.9. The Morgan fingerprint density at radius 3 is 2.12 bits per heavy atom. The van der Waals surface area contributed by atoms with Gasteiger partial charge in [0.2, 0.25) is 6.29 Å². The van der Waals surface area contributed by atoms with Gasteiger partial charge in [-0.3, -0.25) is 9.59 Å². The zero-order valence-corrected chi connectivity index (χ0v) is 33.3. The Labute approximate surface area is 336 Å². The molecule has 7 rings (SSSR count). The molecule has 0 radical (unpaired) electrons. The average Bonchev–Trinajstić information content (AvgIpc) is 3.16. The van der Waals surface area contributed by atoms with Crippen LogP contribution in [-0.4, -0.2) is 149 Å². The predicted octanol–water partition coefficient (Wildman–Crippen LogP) is -0.0259. The number of hydrogen-bond donors (Lipinski definition) is 10. The number of hydrogen-bond acceptors (Lipinski definition) is 15. The van der Waals surface area contributed by atoms with Gasteiger partial charge in [0.1, 0.15) is 48.8 Å².